The van der Waals surface area contributed by atoms with Crippen LogP contribution >= 0.6 is 11.8 Å². The largest absolute Gasteiger partial charge is 0.373 e. The van der Waals surface area contributed by atoms with E-state index in [1.165, 1.54) is 5.56 Å². The molecule has 4 heteroatoms. The van der Waals surface area contributed by atoms with Crippen LogP contribution in [0.5, 0.6) is 0 Å². The first-order valence-electron chi connectivity index (χ1n) is 6.35. The van der Waals surface area contributed by atoms with Gasteiger partial charge in [-0.2, -0.15) is 11.8 Å². The average Bonchev–Trinajstić information content (AvgIpc) is 2.82. The summed E-state index contributed by atoms with van der Waals surface area (Å²) in [6.45, 7) is 2.94. The number of fused-ring (bicyclic) bond motifs is 1. The molecule has 1 heterocycles. The third kappa shape index (κ3) is 3.19. The minimum atomic E-state index is -0.105. The molecule has 2 atom stereocenters. The molecule has 0 saturated heterocycles. The van der Waals surface area contributed by atoms with Gasteiger partial charge >= 0.3 is 0 Å². The van der Waals surface area contributed by atoms with Crippen molar-refractivity contribution in [2.24, 2.45) is 0 Å². The van der Waals surface area contributed by atoms with Crippen LogP contribution in [0.3, 0.4) is 0 Å². The van der Waals surface area contributed by atoms with Gasteiger partial charge in [-0.05, 0) is 24.3 Å². The minimum absolute atomic E-state index is 0.105. The van der Waals surface area contributed by atoms with Crippen molar-refractivity contribution in [3.05, 3.63) is 29.8 Å². The molecular formula is C14H20N2OS. The van der Waals surface area contributed by atoms with Gasteiger partial charge in [0.05, 0.1) is 0 Å². The third-order valence-corrected chi connectivity index (χ3v) is 4.38. The van der Waals surface area contributed by atoms with Gasteiger partial charge in [0.2, 0.25) is 5.91 Å². The summed E-state index contributed by atoms with van der Waals surface area (Å²) in [7, 11) is 0. The fourth-order valence-electron chi connectivity index (χ4n) is 2.10. The molecule has 0 bridgehead atoms. The SMILES string of the molecule is CSC(C)CCNC(=O)[C@@H]1Cc2ccccc2N1. The molecule has 18 heavy (non-hydrogen) atoms. The summed E-state index contributed by atoms with van der Waals surface area (Å²) in [6.07, 6.45) is 3.91. The maximum absolute atomic E-state index is 12.0. The molecule has 1 unspecified atom stereocenters. The van der Waals surface area contributed by atoms with Crippen molar-refractivity contribution in [1.29, 1.82) is 0 Å². The van der Waals surface area contributed by atoms with E-state index in [0.29, 0.717) is 5.25 Å². The number of hydrogen-bond acceptors (Lipinski definition) is 3. The van der Waals surface area contributed by atoms with Crippen LogP contribution in [0.25, 0.3) is 0 Å². The molecule has 1 amide bonds. The van der Waals surface area contributed by atoms with E-state index in [-0.39, 0.29) is 11.9 Å². The average molecular weight is 264 g/mol. The Morgan fingerprint density at radius 3 is 3.06 bits per heavy atom. The number of thioether (sulfide) groups is 1. The Morgan fingerprint density at radius 2 is 2.33 bits per heavy atom. The summed E-state index contributed by atoms with van der Waals surface area (Å²) in [5.74, 6) is 0.111. The normalized spacial score (nSPS) is 18.9. The van der Waals surface area contributed by atoms with Gasteiger partial charge in [0, 0.05) is 23.9 Å². The molecule has 1 aromatic carbocycles. The zero-order chi connectivity index (χ0) is 13.0. The monoisotopic (exact) mass is 264 g/mol. The molecule has 1 aliphatic heterocycles. The highest BCUT2D eigenvalue weighted by Crippen LogP contribution is 2.25. The van der Waals surface area contributed by atoms with Gasteiger partial charge < -0.3 is 10.6 Å². The molecule has 0 saturated carbocycles. The van der Waals surface area contributed by atoms with Crippen molar-refractivity contribution in [1.82, 2.24) is 5.32 Å². The van der Waals surface area contributed by atoms with Crippen LogP contribution in [0.1, 0.15) is 18.9 Å². The van der Waals surface area contributed by atoms with Gasteiger partial charge in [0.25, 0.3) is 0 Å². The number of benzene rings is 1. The van der Waals surface area contributed by atoms with E-state index < -0.39 is 0 Å². The lowest BCUT2D eigenvalue weighted by Gasteiger charge is -2.13. The third-order valence-electron chi connectivity index (χ3n) is 3.34. The van der Waals surface area contributed by atoms with Gasteiger partial charge in [0.15, 0.2) is 0 Å². The molecule has 0 spiro atoms. The van der Waals surface area contributed by atoms with Crippen LogP contribution in [0, 0.1) is 0 Å². The molecule has 0 radical (unpaired) electrons. The van der Waals surface area contributed by atoms with Gasteiger partial charge in [-0.1, -0.05) is 25.1 Å². The second-order valence-electron chi connectivity index (χ2n) is 4.68. The molecule has 1 aromatic rings. The molecular weight excluding hydrogens is 244 g/mol. The fraction of sp³-hybridized carbons (Fsp3) is 0.500. The van der Waals surface area contributed by atoms with Gasteiger partial charge in [-0.3, -0.25) is 4.79 Å². The van der Waals surface area contributed by atoms with E-state index in [1.54, 1.807) is 0 Å². The van der Waals surface area contributed by atoms with Crippen molar-refractivity contribution in [2.45, 2.75) is 31.1 Å². The van der Waals surface area contributed by atoms with Crippen LogP contribution in [-0.2, 0) is 11.2 Å². The number of para-hydroxylation sites is 1. The Hall–Kier alpha value is -1.16. The minimum Gasteiger partial charge on any atom is -0.373 e. The first-order valence-corrected chi connectivity index (χ1v) is 7.64. The predicted molar refractivity (Wildman–Crippen MR) is 78.2 cm³/mol. The van der Waals surface area contributed by atoms with Crippen molar-refractivity contribution in [3.63, 3.8) is 0 Å². The standard InChI is InChI=1S/C14H20N2OS/c1-10(18-2)7-8-15-14(17)13-9-11-5-3-4-6-12(11)16-13/h3-6,10,13,16H,7-9H2,1-2H3,(H,15,17)/t10?,13-/m0/s1. The Kier molecular flexibility index (Phi) is 4.53. The van der Waals surface area contributed by atoms with Crippen LogP contribution in [0.2, 0.25) is 0 Å². The Morgan fingerprint density at radius 1 is 1.56 bits per heavy atom. The van der Waals surface area contributed by atoms with E-state index in [1.807, 2.05) is 30.0 Å². The number of amides is 1. The van der Waals surface area contributed by atoms with Crippen LogP contribution < -0.4 is 10.6 Å². The molecule has 3 nitrogen and oxygen atoms in total. The van der Waals surface area contributed by atoms with E-state index >= 15 is 0 Å². The number of carbonyl (C=O) groups is 1. The number of nitrogens with one attached hydrogen (secondary N) is 2. The molecule has 1 aliphatic rings. The second-order valence-corrected chi connectivity index (χ2v) is 5.96. The fourth-order valence-corrected chi connectivity index (χ4v) is 2.45. The van der Waals surface area contributed by atoms with E-state index in [4.69, 9.17) is 0 Å². The number of rotatable bonds is 5. The summed E-state index contributed by atoms with van der Waals surface area (Å²) in [6, 6.07) is 8.00. The zero-order valence-corrected chi connectivity index (χ0v) is 11.7. The lowest BCUT2D eigenvalue weighted by Crippen LogP contribution is -2.39. The van der Waals surface area contributed by atoms with E-state index in [0.717, 1.165) is 25.1 Å². The molecule has 0 aromatic heterocycles. The maximum atomic E-state index is 12.0. The Labute approximate surface area is 113 Å². The summed E-state index contributed by atoms with van der Waals surface area (Å²) >= 11 is 1.83. The highest BCUT2D eigenvalue weighted by molar-refractivity contribution is 7.99. The zero-order valence-electron chi connectivity index (χ0n) is 10.9. The smallest absolute Gasteiger partial charge is 0.242 e. The Bertz CT molecular complexity index is 397. The lowest BCUT2D eigenvalue weighted by atomic mass is 10.1. The second kappa shape index (κ2) is 6.14. The molecule has 2 rings (SSSR count). The quantitative estimate of drug-likeness (QED) is 0.857. The number of carbonyl (C=O) groups excluding carboxylic acids is 1. The summed E-state index contributed by atoms with van der Waals surface area (Å²) in [5.41, 5.74) is 2.32. The predicted octanol–water partition coefficient (Wildman–Crippen LogP) is 2.28. The Balaban J connectivity index is 1.79. The van der Waals surface area contributed by atoms with E-state index in [2.05, 4.69) is 29.9 Å². The summed E-state index contributed by atoms with van der Waals surface area (Å²) in [5, 5.41) is 6.88. The summed E-state index contributed by atoms with van der Waals surface area (Å²) < 4.78 is 0. The van der Waals surface area contributed by atoms with Gasteiger partial charge in [-0.15, -0.1) is 0 Å². The van der Waals surface area contributed by atoms with Crippen molar-refractivity contribution >= 4 is 23.4 Å². The van der Waals surface area contributed by atoms with Crippen molar-refractivity contribution in [3.8, 4) is 0 Å². The topological polar surface area (TPSA) is 41.1 Å². The molecule has 2 N–H and O–H groups in total. The van der Waals surface area contributed by atoms with E-state index in [9.17, 15) is 4.79 Å². The first-order chi connectivity index (χ1) is 8.70. The maximum Gasteiger partial charge on any atom is 0.242 e. The van der Waals surface area contributed by atoms with Crippen molar-refractivity contribution < 1.29 is 4.79 Å². The highest BCUT2D eigenvalue weighted by atomic mass is 32.2. The van der Waals surface area contributed by atoms with Crippen LogP contribution in [0.4, 0.5) is 5.69 Å². The van der Waals surface area contributed by atoms with Crippen LogP contribution in [0.15, 0.2) is 24.3 Å². The lowest BCUT2D eigenvalue weighted by molar-refractivity contribution is -0.121. The van der Waals surface area contributed by atoms with Crippen LogP contribution in [-0.4, -0.2) is 30.0 Å². The number of hydrogen-bond donors (Lipinski definition) is 2. The van der Waals surface area contributed by atoms with Crippen molar-refractivity contribution in [2.75, 3.05) is 18.1 Å². The molecule has 0 aliphatic carbocycles. The first kappa shape index (κ1) is 13.3. The van der Waals surface area contributed by atoms with Gasteiger partial charge in [0.1, 0.15) is 6.04 Å². The highest BCUT2D eigenvalue weighted by Gasteiger charge is 2.25. The molecule has 98 valence electrons. The van der Waals surface area contributed by atoms with Gasteiger partial charge in [-0.25, -0.2) is 0 Å². The summed E-state index contributed by atoms with van der Waals surface area (Å²) in [4.78, 5) is 12.0. The number of anilines is 1. The molecule has 0 fully saturated rings.